The molecule has 14 heteroatoms. The van der Waals surface area contributed by atoms with E-state index in [1.165, 1.54) is 0 Å². The standard InChI is InChI=1S/C36H42N10O3S/c1-44-23-29(22-41-44)27-8-13-32(38-20-27)46(35(47)40-19-26-6-3-2-4-7-26)31-11-9-30(10-12-31)42-34-39-21-28(18-37)33(43-34)45-16-5-14-36(24-45)15-17-50(48,49)25-36/h2-4,6-8,13,20-23,30-31H,5,9-12,14-17,19,24-25H2,1H3,(H,40,47)(H,39,42,43). The lowest BCUT2D eigenvalue weighted by atomic mass is 9.79. The van der Waals surface area contributed by atoms with Crippen molar-refractivity contribution in [2.45, 2.75) is 63.6 Å². The average Bonchev–Trinajstić information content (AvgIpc) is 3.70. The molecule has 2 aliphatic heterocycles. The van der Waals surface area contributed by atoms with Gasteiger partial charge in [0.2, 0.25) is 5.95 Å². The van der Waals surface area contributed by atoms with Gasteiger partial charge in [0, 0.05) is 67.7 Å². The summed E-state index contributed by atoms with van der Waals surface area (Å²) in [6, 6.07) is 15.8. The van der Waals surface area contributed by atoms with Crippen LogP contribution >= 0.6 is 0 Å². The number of aromatic nitrogens is 5. The van der Waals surface area contributed by atoms with Gasteiger partial charge >= 0.3 is 6.03 Å². The van der Waals surface area contributed by atoms with E-state index in [9.17, 15) is 18.5 Å². The van der Waals surface area contributed by atoms with Crippen LogP contribution in [-0.4, -0.2) is 75.9 Å². The maximum absolute atomic E-state index is 13.8. The van der Waals surface area contributed by atoms with Gasteiger partial charge in [0.25, 0.3) is 0 Å². The molecule has 0 radical (unpaired) electrons. The summed E-state index contributed by atoms with van der Waals surface area (Å²) in [5.74, 6) is 2.03. The number of benzene rings is 1. The molecule has 1 saturated carbocycles. The topological polar surface area (TPSA) is 162 Å². The highest BCUT2D eigenvalue weighted by molar-refractivity contribution is 7.91. The number of nitrogens with zero attached hydrogens (tertiary/aromatic N) is 8. The van der Waals surface area contributed by atoms with E-state index in [4.69, 9.17) is 9.97 Å². The van der Waals surface area contributed by atoms with Crippen molar-refractivity contribution in [2.24, 2.45) is 12.5 Å². The van der Waals surface area contributed by atoms with Gasteiger partial charge in [-0.2, -0.15) is 15.3 Å². The third-order valence-electron chi connectivity index (χ3n) is 10.3. The first-order valence-corrected chi connectivity index (χ1v) is 19.1. The van der Waals surface area contributed by atoms with E-state index in [2.05, 4.69) is 31.7 Å². The second-order valence-corrected chi connectivity index (χ2v) is 16.1. The monoisotopic (exact) mass is 694 g/mol. The minimum absolute atomic E-state index is 0.0646. The first kappa shape index (κ1) is 33.5. The van der Waals surface area contributed by atoms with Crippen LogP contribution in [0.15, 0.2) is 67.3 Å². The number of urea groups is 1. The molecule has 5 heterocycles. The summed E-state index contributed by atoms with van der Waals surface area (Å²) in [5.41, 5.74) is 3.00. The Morgan fingerprint density at radius 2 is 1.86 bits per heavy atom. The first-order chi connectivity index (χ1) is 24.2. The fourth-order valence-corrected chi connectivity index (χ4v) is 9.90. The minimum atomic E-state index is -3.04. The van der Waals surface area contributed by atoms with E-state index in [-0.39, 0.29) is 35.0 Å². The summed E-state index contributed by atoms with van der Waals surface area (Å²) >= 11 is 0. The van der Waals surface area contributed by atoms with Crippen LogP contribution in [0.5, 0.6) is 0 Å². The summed E-state index contributed by atoms with van der Waals surface area (Å²) in [6.45, 7) is 1.70. The largest absolute Gasteiger partial charge is 0.355 e. The molecule has 2 amide bonds. The van der Waals surface area contributed by atoms with E-state index in [0.29, 0.717) is 42.7 Å². The zero-order chi connectivity index (χ0) is 34.7. The Hall–Kier alpha value is -5.03. The van der Waals surface area contributed by atoms with Crippen LogP contribution < -0.4 is 20.4 Å². The Kier molecular flexibility index (Phi) is 9.42. The highest BCUT2D eigenvalue weighted by atomic mass is 32.2. The number of piperidine rings is 1. The third-order valence-corrected chi connectivity index (χ3v) is 12.1. The first-order valence-electron chi connectivity index (χ1n) is 17.2. The van der Waals surface area contributed by atoms with Crippen molar-refractivity contribution in [1.82, 2.24) is 30.0 Å². The average molecular weight is 695 g/mol. The van der Waals surface area contributed by atoms with Gasteiger partial charge in [-0.25, -0.2) is 23.2 Å². The van der Waals surface area contributed by atoms with Gasteiger partial charge in [0.15, 0.2) is 15.7 Å². The molecule has 1 aromatic carbocycles. The normalized spacial score (nSPS) is 22.9. The zero-order valence-corrected chi connectivity index (χ0v) is 29.0. The zero-order valence-electron chi connectivity index (χ0n) is 28.2. The van der Waals surface area contributed by atoms with Crippen molar-refractivity contribution in [3.05, 3.63) is 78.4 Å². The van der Waals surface area contributed by atoms with Crippen molar-refractivity contribution >= 4 is 33.5 Å². The second kappa shape index (κ2) is 14.1. The third kappa shape index (κ3) is 7.42. The predicted octanol–water partition coefficient (Wildman–Crippen LogP) is 4.69. The molecule has 1 unspecified atom stereocenters. The van der Waals surface area contributed by atoms with E-state index >= 15 is 0 Å². The molecule has 0 bridgehead atoms. The molecule has 1 spiro atoms. The number of pyridine rings is 1. The number of hydrogen-bond acceptors (Lipinski definition) is 10. The van der Waals surface area contributed by atoms with E-state index in [1.54, 1.807) is 28.2 Å². The lowest BCUT2D eigenvalue weighted by Gasteiger charge is -2.40. The Morgan fingerprint density at radius 3 is 2.54 bits per heavy atom. The minimum Gasteiger partial charge on any atom is -0.355 e. The summed E-state index contributed by atoms with van der Waals surface area (Å²) in [5, 5.41) is 20.7. The quantitative estimate of drug-likeness (QED) is 0.265. The maximum Gasteiger partial charge on any atom is 0.323 e. The number of carbonyl (C=O) groups is 1. The Labute approximate surface area is 292 Å². The van der Waals surface area contributed by atoms with Crippen LogP contribution in [0.3, 0.4) is 0 Å². The van der Waals surface area contributed by atoms with Gasteiger partial charge in [0.1, 0.15) is 17.5 Å². The van der Waals surface area contributed by atoms with Crippen molar-refractivity contribution in [3.8, 4) is 17.2 Å². The second-order valence-electron chi connectivity index (χ2n) is 13.9. The van der Waals surface area contributed by atoms with Crippen molar-refractivity contribution in [2.75, 3.05) is 39.7 Å². The van der Waals surface area contributed by atoms with E-state index in [1.807, 2.05) is 55.7 Å². The molecule has 1 atom stereocenters. The lowest BCUT2D eigenvalue weighted by Crippen LogP contribution is -2.49. The number of nitriles is 1. The van der Waals surface area contributed by atoms with Gasteiger partial charge in [-0.1, -0.05) is 30.3 Å². The summed E-state index contributed by atoms with van der Waals surface area (Å²) < 4.78 is 26.4. The van der Waals surface area contributed by atoms with Crippen LogP contribution in [0.25, 0.3) is 11.1 Å². The summed E-state index contributed by atoms with van der Waals surface area (Å²) in [4.78, 5) is 31.7. The number of anilines is 3. The summed E-state index contributed by atoms with van der Waals surface area (Å²) in [6.07, 6.45) is 12.5. The Bertz CT molecular complexity index is 1970. The van der Waals surface area contributed by atoms with Crippen LogP contribution in [0.1, 0.15) is 56.1 Å². The SMILES string of the molecule is Cn1cc(-c2ccc(N(C(=O)NCc3ccccc3)C3CCC(Nc4ncc(C#N)c(N5CCCC6(CCS(=O)(=O)C6)C5)n4)CC3)nc2)cn1. The molecule has 2 N–H and O–H groups in total. The van der Waals surface area contributed by atoms with Crippen molar-refractivity contribution in [3.63, 3.8) is 0 Å². The van der Waals surface area contributed by atoms with Gasteiger partial charge in [0.05, 0.1) is 23.9 Å². The van der Waals surface area contributed by atoms with Gasteiger partial charge in [-0.3, -0.25) is 9.58 Å². The van der Waals surface area contributed by atoms with Crippen molar-refractivity contribution in [1.29, 1.82) is 5.26 Å². The van der Waals surface area contributed by atoms with E-state index < -0.39 is 9.84 Å². The number of nitrogens with one attached hydrogen (secondary N) is 2. The molecule has 3 fully saturated rings. The molecule has 3 aliphatic rings. The number of carbonyl (C=O) groups excluding carboxylic acids is 1. The number of aryl methyl sites for hydroxylation is 1. The van der Waals surface area contributed by atoms with Crippen LogP contribution in [0.2, 0.25) is 0 Å². The van der Waals surface area contributed by atoms with Gasteiger partial charge in [-0.05, 0) is 62.6 Å². The Balaban J connectivity index is 1.04. The molecule has 4 aromatic rings. The fourth-order valence-electron chi connectivity index (χ4n) is 7.70. The highest BCUT2D eigenvalue weighted by Crippen LogP contribution is 2.42. The molecular weight excluding hydrogens is 653 g/mol. The molecule has 7 rings (SSSR count). The molecule has 13 nitrogen and oxygen atoms in total. The molecule has 260 valence electrons. The number of rotatable bonds is 8. The van der Waals surface area contributed by atoms with Gasteiger partial charge in [-0.15, -0.1) is 0 Å². The Morgan fingerprint density at radius 1 is 1.04 bits per heavy atom. The molecule has 1 aliphatic carbocycles. The molecular formula is C36H42N10O3S. The predicted molar refractivity (Wildman–Crippen MR) is 191 cm³/mol. The maximum atomic E-state index is 13.8. The lowest BCUT2D eigenvalue weighted by molar-refractivity contribution is 0.240. The van der Waals surface area contributed by atoms with Gasteiger partial charge < -0.3 is 15.5 Å². The van der Waals surface area contributed by atoms with Crippen LogP contribution in [0, 0.1) is 16.7 Å². The van der Waals surface area contributed by atoms with Crippen LogP contribution in [-0.2, 0) is 23.4 Å². The molecule has 50 heavy (non-hydrogen) atoms. The van der Waals surface area contributed by atoms with E-state index in [0.717, 1.165) is 61.8 Å². The van der Waals surface area contributed by atoms with Crippen molar-refractivity contribution < 1.29 is 13.2 Å². The number of amides is 2. The molecule has 3 aromatic heterocycles. The number of hydrogen-bond donors (Lipinski definition) is 2. The molecule has 2 saturated heterocycles. The fraction of sp³-hybridized carbons (Fsp3) is 0.444. The van der Waals surface area contributed by atoms with Crippen LogP contribution in [0.4, 0.5) is 22.4 Å². The number of sulfone groups is 1. The summed E-state index contributed by atoms with van der Waals surface area (Å²) in [7, 11) is -1.17. The highest BCUT2D eigenvalue weighted by Gasteiger charge is 2.45. The smallest absolute Gasteiger partial charge is 0.323 e.